The third-order valence-corrected chi connectivity index (χ3v) is 10.6. The molecule has 1 aromatic heterocycles. The van der Waals surface area contributed by atoms with Gasteiger partial charge in [-0.15, -0.1) is 0 Å². The van der Waals surface area contributed by atoms with Crippen molar-refractivity contribution in [3.05, 3.63) is 35.5 Å². The van der Waals surface area contributed by atoms with Gasteiger partial charge in [0.15, 0.2) is 0 Å². The summed E-state index contributed by atoms with van der Waals surface area (Å²) in [6.07, 6.45) is 7.89. The molecule has 1 aliphatic heterocycles. The monoisotopic (exact) mass is 590 g/mol. The second-order valence-electron chi connectivity index (χ2n) is 11.4. The summed E-state index contributed by atoms with van der Waals surface area (Å²) < 4.78 is 38.9. The number of unbranched alkanes of at least 4 members (excludes halogenated alkanes) is 1. The maximum absolute atomic E-state index is 13.3. The van der Waals surface area contributed by atoms with Gasteiger partial charge >= 0.3 is 6.01 Å². The molecule has 41 heavy (non-hydrogen) atoms. The molecule has 2 aromatic rings. The largest absolute Gasteiger partial charge is 0.497 e. The van der Waals surface area contributed by atoms with Crippen molar-refractivity contribution in [2.45, 2.75) is 63.3 Å². The number of nitrogens with zero attached hydrogens (tertiary/aromatic N) is 6. The number of methoxy groups -OCH3 is 1. The quantitative estimate of drug-likeness (QED) is 0.307. The first-order chi connectivity index (χ1) is 19.4. The third kappa shape index (κ3) is 8.30. The van der Waals surface area contributed by atoms with E-state index in [4.69, 9.17) is 9.47 Å². The Kier molecular flexibility index (Phi) is 11.8. The van der Waals surface area contributed by atoms with Crippen LogP contribution < -0.4 is 14.4 Å². The molecular weight excluding hydrogens is 540 g/mol. The average Bonchev–Trinajstić information content (AvgIpc) is 2.94. The van der Waals surface area contributed by atoms with E-state index in [0.717, 1.165) is 32.0 Å². The van der Waals surface area contributed by atoms with Crippen LogP contribution in [0.3, 0.4) is 0 Å². The predicted molar refractivity (Wildman–Crippen MR) is 165 cm³/mol. The highest BCUT2D eigenvalue weighted by Gasteiger charge is 2.35. The molecule has 1 aliphatic rings. The van der Waals surface area contributed by atoms with Gasteiger partial charge in [0.05, 0.1) is 12.0 Å². The van der Waals surface area contributed by atoms with E-state index >= 15 is 0 Å². The lowest BCUT2D eigenvalue weighted by atomic mass is 9.82. The van der Waals surface area contributed by atoms with Gasteiger partial charge in [-0.25, -0.2) is 13.4 Å². The number of piperidine rings is 1. The molecule has 1 saturated heterocycles. The number of likely N-dealkylation sites (tertiary alicyclic amines) is 1. The molecule has 1 aromatic carbocycles. The summed E-state index contributed by atoms with van der Waals surface area (Å²) in [6.45, 7) is 10.2. The van der Waals surface area contributed by atoms with E-state index in [9.17, 15) is 8.42 Å². The molecule has 230 valence electrons. The summed E-state index contributed by atoms with van der Waals surface area (Å²) in [7, 11) is 5.92. The predicted octanol–water partition coefficient (Wildman–Crippen LogP) is 3.82. The average molecular weight is 591 g/mol. The van der Waals surface area contributed by atoms with Crippen molar-refractivity contribution >= 4 is 15.8 Å². The molecule has 0 saturated carbocycles. The fourth-order valence-corrected chi connectivity index (χ4v) is 7.17. The molecule has 2 heterocycles. The number of hydrogen-bond acceptors (Lipinski definition) is 9. The Balaban J connectivity index is 1.51. The van der Waals surface area contributed by atoms with E-state index in [2.05, 4.69) is 45.7 Å². The molecule has 11 heteroatoms. The Morgan fingerprint density at radius 2 is 1.71 bits per heavy atom. The van der Waals surface area contributed by atoms with Gasteiger partial charge in [0, 0.05) is 45.5 Å². The minimum atomic E-state index is -3.70. The van der Waals surface area contributed by atoms with E-state index in [-0.39, 0.29) is 19.2 Å². The van der Waals surface area contributed by atoms with Gasteiger partial charge in [-0.05, 0) is 89.6 Å². The topological polar surface area (TPSA) is 91.3 Å². The number of hydrogen-bond donors (Lipinski definition) is 0. The second kappa shape index (κ2) is 14.6. The molecular formula is C30H50N6O4S. The molecule has 0 atom stereocenters. The molecule has 0 aliphatic carbocycles. The van der Waals surface area contributed by atoms with Crippen molar-refractivity contribution in [1.29, 1.82) is 0 Å². The molecule has 1 fully saturated rings. The van der Waals surface area contributed by atoms with Gasteiger partial charge in [-0.2, -0.15) is 9.29 Å². The fraction of sp³-hybridized carbons (Fsp3) is 0.667. The minimum absolute atomic E-state index is 0.135. The van der Waals surface area contributed by atoms with Crippen molar-refractivity contribution in [3.8, 4) is 11.8 Å². The molecule has 0 amide bonds. The Hall–Kier alpha value is -2.47. The number of ether oxygens (including phenoxy) is 2. The van der Waals surface area contributed by atoms with Crippen molar-refractivity contribution < 1.29 is 17.9 Å². The van der Waals surface area contributed by atoms with Crippen LogP contribution in [0.2, 0.25) is 0 Å². The van der Waals surface area contributed by atoms with Crippen LogP contribution in [0.4, 0.5) is 5.82 Å². The number of aryl methyl sites for hydroxylation is 2. The Bertz CT molecular complexity index is 1210. The van der Waals surface area contributed by atoms with Crippen molar-refractivity contribution in [3.63, 3.8) is 0 Å². The number of rotatable bonds is 15. The molecule has 10 nitrogen and oxygen atoms in total. The van der Waals surface area contributed by atoms with Gasteiger partial charge < -0.3 is 24.2 Å². The molecule has 0 radical (unpaired) electrons. The minimum Gasteiger partial charge on any atom is -0.497 e. The van der Waals surface area contributed by atoms with Gasteiger partial charge in [0.1, 0.15) is 18.2 Å². The zero-order chi connectivity index (χ0) is 30.2. The Morgan fingerprint density at radius 1 is 1.05 bits per heavy atom. The summed E-state index contributed by atoms with van der Waals surface area (Å²) >= 11 is 0. The van der Waals surface area contributed by atoms with Crippen LogP contribution in [-0.2, 0) is 10.0 Å². The summed E-state index contributed by atoms with van der Waals surface area (Å²) in [5, 5.41) is 0. The van der Waals surface area contributed by atoms with Gasteiger partial charge in [-0.1, -0.05) is 19.8 Å². The first-order valence-electron chi connectivity index (χ1n) is 14.6. The fourth-order valence-electron chi connectivity index (χ4n) is 5.62. The van der Waals surface area contributed by atoms with Crippen molar-refractivity contribution in [2.75, 3.05) is 79.5 Å². The molecule has 0 bridgehead atoms. The third-order valence-electron chi connectivity index (χ3n) is 8.47. The van der Waals surface area contributed by atoms with E-state index in [0.29, 0.717) is 27.3 Å². The maximum Gasteiger partial charge on any atom is 0.318 e. The molecule has 0 N–H and O–H groups in total. The van der Waals surface area contributed by atoms with E-state index < -0.39 is 10.0 Å². The highest BCUT2D eigenvalue weighted by molar-refractivity contribution is 7.89. The van der Waals surface area contributed by atoms with Crippen LogP contribution >= 0.6 is 0 Å². The second-order valence-corrected chi connectivity index (χ2v) is 13.4. The zero-order valence-electron chi connectivity index (χ0n) is 26.3. The standard InChI is InChI=1S/C30H50N6O4S/c1-9-10-12-30(33(4)5)13-16-36(17-14-30)19-18-34(6)27-11-15-31-29(32-27)40-21-20-35(7)41(37,38)28-24(2)22-26(39-8)23-25(28)3/h11,15,22-23H,9-10,12-14,16-21H2,1-8H3. The first kappa shape index (κ1) is 33.0. The van der Waals surface area contributed by atoms with E-state index in [1.807, 2.05) is 13.1 Å². The number of likely N-dealkylation sites (N-methyl/N-ethyl adjacent to an activating group) is 2. The Labute approximate surface area is 247 Å². The summed E-state index contributed by atoms with van der Waals surface area (Å²) in [6, 6.07) is 5.57. The highest BCUT2D eigenvalue weighted by Crippen LogP contribution is 2.32. The van der Waals surface area contributed by atoms with Gasteiger partial charge in [-0.3, -0.25) is 0 Å². The smallest absolute Gasteiger partial charge is 0.318 e. The van der Waals surface area contributed by atoms with Crippen LogP contribution in [0.15, 0.2) is 29.3 Å². The summed E-state index contributed by atoms with van der Waals surface area (Å²) in [4.78, 5) is 16.2. The van der Waals surface area contributed by atoms with Crippen molar-refractivity contribution in [2.24, 2.45) is 0 Å². The lowest BCUT2D eigenvalue weighted by Crippen LogP contribution is -2.53. The van der Waals surface area contributed by atoms with E-state index in [1.54, 1.807) is 46.3 Å². The van der Waals surface area contributed by atoms with Crippen LogP contribution in [-0.4, -0.2) is 113 Å². The molecule has 3 rings (SSSR count). The highest BCUT2D eigenvalue weighted by atomic mass is 32.2. The number of aromatic nitrogens is 2. The normalized spacial score (nSPS) is 15.9. The number of sulfonamides is 1. The molecule has 0 spiro atoms. The van der Waals surface area contributed by atoms with Crippen LogP contribution in [0.25, 0.3) is 0 Å². The zero-order valence-corrected chi connectivity index (χ0v) is 27.1. The lowest BCUT2D eigenvalue weighted by molar-refractivity contribution is 0.0485. The van der Waals surface area contributed by atoms with Crippen LogP contribution in [0.1, 0.15) is 50.2 Å². The summed E-state index contributed by atoms with van der Waals surface area (Å²) in [5.74, 6) is 1.42. The number of anilines is 1. The van der Waals surface area contributed by atoms with Crippen LogP contribution in [0.5, 0.6) is 11.8 Å². The van der Waals surface area contributed by atoms with E-state index in [1.165, 1.54) is 36.4 Å². The van der Waals surface area contributed by atoms with Crippen molar-refractivity contribution in [1.82, 2.24) is 24.1 Å². The summed E-state index contributed by atoms with van der Waals surface area (Å²) in [5.41, 5.74) is 1.62. The SMILES string of the molecule is CCCCC1(N(C)C)CCN(CCN(C)c2ccnc(OCCN(C)S(=O)(=O)c3c(C)cc(OC)cc3C)n2)CC1. The maximum atomic E-state index is 13.3. The first-order valence-corrected chi connectivity index (χ1v) is 16.1. The van der Waals surface area contributed by atoms with Gasteiger partial charge in [0.25, 0.3) is 0 Å². The Morgan fingerprint density at radius 3 is 2.29 bits per heavy atom. The van der Waals surface area contributed by atoms with Gasteiger partial charge in [0.2, 0.25) is 10.0 Å². The van der Waals surface area contributed by atoms with Crippen LogP contribution in [0, 0.1) is 13.8 Å². The number of benzene rings is 1. The molecule has 0 unspecified atom stereocenters. The lowest BCUT2D eigenvalue weighted by Gasteiger charge is -2.46.